The molecule has 0 saturated carbocycles. The highest BCUT2D eigenvalue weighted by Crippen LogP contribution is 2.31. The molecule has 1 heterocycles. The smallest absolute Gasteiger partial charge is 0.369 e. The molecule has 7 heteroatoms. The molecule has 1 fully saturated rings. The molecule has 1 saturated heterocycles. The number of amides is 1. The van der Waals surface area contributed by atoms with Crippen molar-refractivity contribution < 1.29 is 18.0 Å². The molecule has 4 nitrogen and oxygen atoms in total. The summed E-state index contributed by atoms with van der Waals surface area (Å²) in [6.45, 7) is 6.63. The molecule has 1 aliphatic rings. The molecule has 2 aromatic carbocycles. The maximum absolute atomic E-state index is 12.9. The van der Waals surface area contributed by atoms with Crippen molar-refractivity contribution >= 4 is 17.3 Å². The van der Waals surface area contributed by atoms with Gasteiger partial charge in [0.15, 0.2) is 0 Å². The molecule has 1 N–H and O–H groups in total. The van der Waals surface area contributed by atoms with Crippen LogP contribution < -0.4 is 10.2 Å². The lowest BCUT2D eigenvalue weighted by Gasteiger charge is -2.36. The Balaban J connectivity index is 1.53. The minimum Gasteiger partial charge on any atom is -0.369 e. The van der Waals surface area contributed by atoms with Gasteiger partial charge in [-0.3, -0.25) is 9.69 Å². The molecule has 150 valence electrons. The Morgan fingerprint density at radius 2 is 1.75 bits per heavy atom. The zero-order valence-electron chi connectivity index (χ0n) is 16.0. The van der Waals surface area contributed by atoms with Crippen molar-refractivity contribution in [3.05, 3.63) is 59.2 Å². The first-order chi connectivity index (χ1) is 13.2. The summed E-state index contributed by atoms with van der Waals surface area (Å²) in [4.78, 5) is 16.3. The summed E-state index contributed by atoms with van der Waals surface area (Å²) in [7, 11) is 0. The van der Waals surface area contributed by atoms with E-state index in [2.05, 4.69) is 5.32 Å². The highest BCUT2D eigenvalue weighted by Gasteiger charge is 2.31. The van der Waals surface area contributed by atoms with Crippen LogP contribution in [0.4, 0.5) is 24.5 Å². The fourth-order valence-electron chi connectivity index (χ4n) is 3.39. The third-order valence-electron chi connectivity index (χ3n) is 4.93. The van der Waals surface area contributed by atoms with E-state index in [0.29, 0.717) is 31.9 Å². The SMILES string of the molecule is Cc1ccc(NC(=O)CN2CCN(c3cccc(C(F)(F)F)c3)CC2)c(C)c1. The van der Waals surface area contributed by atoms with Crippen molar-refractivity contribution in [2.45, 2.75) is 20.0 Å². The van der Waals surface area contributed by atoms with E-state index >= 15 is 0 Å². The summed E-state index contributed by atoms with van der Waals surface area (Å²) in [5.41, 5.74) is 2.89. The van der Waals surface area contributed by atoms with Gasteiger partial charge in [-0.1, -0.05) is 23.8 Å². The summed E-state index contributed by atoms with van der Waals surface area (Å²) in [5.74, 6) is -0.0838. The molecule has 0 bridgehead atoms. The first-order valence-corrected chi connectivity index (χ1v) is 9.24. The van der Waals surface area contributed by atoms with Crippen molar-refractivity contribution in [3.63, 3.8) is 0 Å². The number of rotatable bonds is 4. The summed E-state index contributed by atoms with van der Waals surface area (Å²) in [6.07, 6.45) is -4.34. The number of nitrogens with zero attached hydrogens (tertiary/aromatic N) is 2. The normalized spacial score (nSPS) is 15.5. The number of halogens is 3. The van der Waals surface area contributed by atoms with Crippen LogP contribution >= 0.6 is 0 Å². The Hall–Kier alpha value is -2.54. The lowest BCUT2D eigenvalue weighted by molar-refractivity contribution is -0.137. The molecule has 0 radical (unpaired) electrons. The van der Waals surface area contributed by atoms with Gasteiger partial charge in [-0.25, -0.2) is 0 Å². The van der Waals surface area contributed by atoms with Crippen LogP contribution in [-0.4, -0.2) is 43.5 Å². The molecular weight excluding hydrogens is 367 g/mol. The minimum absolute atomic E-state index is 0.0838. The number of alkyl halides is 3. The fourth-order valence-corrected chi connectivity index (χ4v) is 3.39. The number of aryl methyl sites for hydroxylation is 2. The van der Waals surface area contributed by atoms with E-state index in [0.717, 1.165) is 22.9 Å². The van der Waals surface area contributed by atoms with E-state index in [1.54, 1.807) is 6.07 Å². The van der Waals surface area contributed by atoms with Crippen LogP contribution in [0.1, 0.15) is 16.7 Å². The lowest BCUT2D eigenvalue weighted by atomic mass is 10.1. The molecule has 0 aliphatic carbocycles. The molecule has 2 aromatic rings. The van der Waals surface area contributed by atoms with E-state index in [4.69, 9.17) is 0 Å². The van der Waals surface area contributed by atoms with Crippen molar-refractivity contribution in [2.24, 2.45) is 0 Å². The predicted octanol–water partition coefficient (Wildman–Crippen LogP) is 4.08. The minimum atomic E-state index is -4.34. The first kappa shape index (κ1) is 20.2. The van der Waals surface area contributed by atoms with E-state index in [1.165, 1.54) is 12.1 Å². The molecule has 0 unspecified atom stereocenters. The molecule has 0 atom stereocenters. The number of benzene rings is 2. The maximum atomic E-state index is 12.9. The summed E-state index contributed by atoms with van der Waals surface area (Å²) < 4.78 is 38.7. The third-order valence-corrected chi connectivity index (χ3v) is 4.93. The van der Waals surface area contributed by atoms with Crippen LogP contribution in [-0.2, 0) is 11.0 Å². The highest BCUT2D eigenvalue weighted by atomic mass is 19.4. The average Bonchev–Trinajstić information content (AvgIpc) is 2.64. The Morgan fingerprint density at radius 1 is 1.04 bits per heavy atom. The van der Waals surface area contributed by atoms with Gasteiger partial charge in [-0.15, -0.1) is 0 Å². The van der Waals surface area contributed by atoms with Crippen LogP contribution in [0.15, 0.2) is 42.5 Å². The van der Waals surface area contributed by atoms with Crippen LogP contribution in [0.25, 0.3) is 0 Å². The Morgan fingerprint density at radius 3 is 2.39 bits per heavy atom. The number of anilines is 2. The molecule has 1 amide bonds. The van der Waals surface area contributed by atoms with Gasteiger partial charge in [-0.2, -0.15) is 13.2 Å². The van der Waals surface area contributed by atoms with Crippen LogP contribution in [0.2, 0.25) is 0 Å². The standard InChI is InChI=1S/C21H24F3N3O/c1-15-6-7-19(16(2)12-15)25-20(28)14-26-8-10-27(11-9-26)18-5-3-4-17(13-18)21(22,23)24/h3-7,12-13H,8-11,14H2,1-2H3,(H,25,28). The number of hydrogen-bond donors (Lipinski definition) is 1. The Kier molecular flexibility index (Phi) is 5.93. The number of carbonyl (C=O) groups is 1. The van der Waals surface area contributed by atoms with Gasteiger partial charge < -0.3 is 10.2 Å². The van der Waals surface area contributed by atoms with E-state index in [9.17, 15) is 18.0 Å². The van der Waals surface area contributed by atoms with Crippen molar-refractivity contribution in [1.29, 1.82) is 0 Å². The summed E-state index contributed by atoms with van der Waals surface area (Å²) >= 11 is 0. The lowest BCUT2D eigenvalue weighted by Crippen LogP contribution is -2.48. The average molecular weight is 391 g/mol. The van der Waals surface area contributed by atoms with Gasteiger partial charge in [-0.05, 0) is 43.7 Å². The second kappa shape index (κ2) is 8.22. The zero-order valence-corrected chi connectivity index (χ0v) is 16.0. The number of nitrogens with one attached hydrogen (secondary N) is 1. The Labute approximate surface area is 162 Å². The number of piperazine rings is 1. The van der Waals surface area contributed by atoms with Crippen LogP contribution in [0.3, 0.4) is 0 Å². The van der Waals surface area contributed by atoms with Crippen molar-refractivity contribution in [3.8, 4) is 0 Å². The van der Waals surface area contributed by atoms with Gasteiger partial charge in [0.2, 0.25) is 5.91 Å². The fraction of sp³-hybridized carbons (Fsp3) is 0.381. The first-order valence-electron chi connectivity index (χ1n) is 9.24. The Bertz CT molecular complexity index is 843. The zero-order chi connectivity index (χ0) is 20.3. The molecule has 1 aliphatic heterocycles. The van der Waals surface area contributed by atoms with Gasteiger partial charge in [0.1, 0.15) is 0 Å². The van der Waals surface area contributed by atoms with Crippen LogP contribution in [0.5, 0.6) is 0 Å². The van der Waals surface area contributed by atoms with Crippen molar-refractivity contribution in [2.75, 3.05) is 42.9 Å². The molecule has 3 rings (SSSR count). The van der Waals surface area contributed by atoms with Gasteiger partial charge in [0, 0.05) is 37.6 Å². The molecular formula is C21H24F3N3O. The molecule has 28 heavy (non-hydrogen) atoms. The van der Waals surface area contributed by atoms with Crippen LogP contribution in [0, 0.1) is 13.8 Å². The summed E-state index contributed by atoms with van der Waals surface area (Å²) in [6, 6.07) is 11.3. The van der Waals surface area contributed by atoms with Gasteiger partial charge in [0.05, 0.1) is 12.1 Å². The quantitative estimate of drug-likeness (QED) is 0.853. The molecule has 0 aromatic heterocycles. The van der Waals surface area contributed by atoms with Gasteiger partial charge >= 0.3 is 6.18 Å². The molecule has 0 spiro atoms. The number of hydrogen-bond acceptors (Lipinski definition) is 3. The monoisotopic (exact) mass is 391 g/mol. The highest BCUT2D eigenvalue weighted by molar-refractivity contribution is 5.93. The van der Waals surface area contributed by atoms with Crippen molar-refractivity contribution in [1.82, 2.24) is 4.90 Å². The van der Waals surface area contributed by atoms with Gasteiger partial charge in [0.25, 0.3) is 0 Å². The van der Waals surface area contributed by atoms with E-state index in [-0.39, 0.29) is 12.5 Å². The van der Waals surface area contributed by atoms with E-state index in [1.807, 2.05) is 41.8 Å². The second-order valence-corrected chi connectivity index (χ2v) is 7.18. The second-order valence-electron chi connectivity index (χ2n) is 7.18. The van der Waals surface area contributed by atoms with E-state index < -0.39 is 11.7 Å². The summed E-state index contributed by atoms with van der Waals surface area (Å²) in [5, 5.41) is 2.93. The number of carbonyl (C=O) groups excluding carboxylic acids is 1. The largest absolute Gasteiger partial charge is 0.416 e. The third kappa shape index (κ3) is 5.04. The maximum Gasteiger partial charge on any atom is 0.416 e. The predicted molar refractivity (Wildman–Crippen MR) is 105 cm³/mol. The topological polar surface area (TPSA) is 35.6 Å².